The van der Waals surface area contributed by atoms with E-state index in [4.69, 9.17) is 4.74 Å². The zero-order chi connectivity index (χ0) is 17.3. The third-order valence-corrected chi connectivity index (χ3v) is 3.26. The van der Waals surface area contributed by atoms with Gasteiger partial charge in [0.05, 0.1) is 6.33 Å². The number of nitrogens with zero attached hydrogens (tertiary/aromatic N) is 1. The molecule has 3 N–H and O–H groups in total. The maximum atomic E-state index is 11.4. The molecule has 0 aliphatic heterocycles. The summed E-state index contributed by atoms with van der Waals surface area (Å²) < 4.78 is 5.19. The van der Waals surface area contributed by atoms with Crippen molar-refractivity contribution in [2.75, 3.05) is 12.4 Å². The Labute approximate surface area is 137 Å². The van der Waals surface area contributed by atoms with Crippen LogP contribution in [0.2, 0.25) is 0 Å². The first-order chi connectivity index (χ1) is 10.8. The molecule has 1 heterocycles. The number of hydrogen-bond acceptors (Lipinski definition) is 5. The Morgan fingerprint density at radius 1 is 1.30 bits per heavy atom. The first-order valence-electron chi connectivity index (χ1n) is 8.02. The van der Waals surface area contributed by atoms with Crippen molar-refractivity contribution in [1.82, 2.24) is 15.3 Å². The standard InChI is InChI=1S/C11H21NO2.C5H7N3O/c1-11(2,3)14-10(13)12-9-7-5-4-6-8-9;1-6-4-2-5(9)8-3-7-4/h9H,4-8H2,1-3H3,(H,12,13);2-3H,1H3,(H2,6,7,8,9). The van der Waals surface area contributed by atoms with Crippen LogP contribution in [0, 0.1) is 0 Å². The van der Waals surface area contributed by atoms with Crippen LogP contribution in [0.15, 0.2) is 17.2 Å². The van der Waals surface area contributed by atoms with E-state index in [2.05, 4.69) is 20.6 Å². The third-order valence-electron chi connectivity index (χ3n) is 3.26. The Balaban J connectivity index is 0.000000253. The van der Waals surface area contributed by atoms with Gasteiger partial charge in [-0.1, -0.05) is 19.3 Å². The fraction of sp³-hybridized carbons (Fsp3) is 0.688. The van der Waals surface area contributed by atoms with E-state index in [1.807, 2.05) is 20.8 Å². The zero-order valence-corrected chi connectivity index (χ0v) is 14.4. The van der Waals surface area contributed by atoms with Crippen molar-refractivity contribution in [3.05, 3.63) is 22.7 Å². The number of carbonyl (C=O) groups excluding carboxylic acids is 1. The molecule has 7 nitrogen and oxygen atoms in total. The van der Waals surface area contributed by atoms with Crippen LogP contribution in [-0.2, 0) is 4.74 Å². The summed E-state index contributed by atoms with van der Waals surface area (Å²) in [6.45, 7) is 5.65. The zero-order valence-electron chi connectivity index (χ0n) is 14.4. The number of hydrogen-bond donors (Lipinski definition) is 3. The molecule has 130 valence electrons. The van der Waals surface area contributed by atoms with Gasteiger partial charge in [-0.3, -0.25) is 4.79 Å². The highest BCUT2D eigenvalue weighted by atomic mass is 16.6. The topological polar surface area (TPSA) is 96.1 Å². The van der Waals surface area contributed by atoms with E-state index >= 15 is 0 Å². The number of rotatable bonds is 2. The number of aromatic nitrogens is 2. The summed E-state index contributed by atoms with van der Waals surface area (Å²) in [5.74, 6) is 0.582. The van der Waals surface area contributed by atoms with Crippen LogP contribution < -0.4 is 16.2 Å². The maximum Gasteiger partial charge on any atom is 0.407 e. The van der Waals surface area contributed by atoms with Gasteiger partial charge in [0.15, 0.2) is 0 Å². The quantitative estimate of drug-likeness (QED) is 0.777. The first-order valence-corrected chi connectivity index (χ1v) is 8.02. The van der Waals surface area contributed by atoms with Gasteiger partial charge < -0.3 is 20.4 Å². The van der Waals surface area contributed by atoms with Gasteiger partial charge in [-0.15, -0.1) is 0 Å². The lowest BCUT2D eigenvalue weighted by atomic mass is 9.96. The molecule has 1 aliphatic carbocycles. The molecule has 0 saturated heterocycles. The second-order valence-corrected chi connectivity index (χ2v) is 6.53. The smallest absolute Gasteiger partial charge is 0.407 e. The fourth-order valence-electron chi connectivity index (χ4n) is 2.23. The van der Waals surface area contributed by atoms with Crippen LogP contribution in [0.3, 0.4) is 0 Å². The highest BCUT2D eigenvalue weighted by Gasteiger charge is 2.20. The van der Waals surface area contributed by atoms with Crippen molar-refractivity contribution < 1.29 is 9.53 Å². The molecule has 1 amide bonds. The molecule has 0 spiro atoms. The molecule has 1 aliphatic rings. The Kier molecular flexibility index (Phi) is 7.57. The number of nitrogens with one attached hydrogen (secondary N) is 3. The molecule has 1 aromatic rings. The Morgan fingerprint density at radius 3 is 2.43 bits per heavy atom. The number of amides is 1. The average Bonchev–Trinajstić information content (AvgIpc) is 2.47. The second-order valence-electron chi connectivity index (χ2n) is 6.53. The number of alkyl carbamates (subject to hydrolysis) is 1. The van der Waals surface area contributed by atoms with Crippen LogP contribution in [0.5, 0.6) is 0 Å². The van der Waals surface area contributed by atoms with E-state index in [9.17, 15) is 9.59 Å². The third kappa shape index (κ3) is 8.85. The van der Waals surface area contributed by atoms with Gasteiger partial charge in [-0.25, -0.2) is 9.78 Å². The van der Waals surface area contributed by atoms with Crippen molar-refractivity contribution in [3.8, 4) is 0 Å². The van der Waals surface area contributed by atoms with E-state index < -0.39 is 5.60 Å². The summed E-state index contributed by atoms with van der Waals surface area (Å²) in [7, 11) is 1.71. The molecule has 1 aromatic heterocycles. The van der Waals surface area contributed by atoms with E-state index in [1.54, 1.807) is 7.05 Å². The van der Waals surface area contributed by atoms with Gasteiger partial charge in [-0.05, 0) is 33.6 Å². The number of H-pyrrole nitrogens is 1. The molecule has 23 heavy (non-hydrogen) atoms. The highest BCUT2D eigenvalue weighted by molar-refractivity contribution is 5.68. The van der Waals surface area contributed by atoms with Crippen molar-refractivity contribution in [2.45, 2.75) is 64.5 Å². The first kappa shape index (κ1) is 19.0. The van der Waals surface area contributed by atoms with Crippen molar-refractivity contribution in [2.24, 2.45) is 0 Å². The van der Waals surface area contributed by atoms with Crippen LogP contribution in [0.1, 0.15) is 52.9 Å². The summed E-state index contributed by atoms with van der Waals surface area (Å²) in [6.07, 6.45) is 7.02. The minimum Gasteiger partial charge on any atom is -0.444 e. The molecular formula is C16H28N4O3. The Bertz CT molecular complexity index is 531. The molecule has 7 heteroatoms. The Hall–Kier alpha value is -2.05. The number of aromatic amines is 1. The predicted octanol–water partition coefficient (Wildman–Crippen LogP) is 2.66. The summed E-state index contributed by atoms with van der Waals surface area (Å²) >= 11 is 0. The number of anilines is 1. The highest BCUT2D eigenvalue weighted by Crippen LogP contribution is 2.18. The van der Waals surface area contributed by atoms with Gasteiger partial charge in [0, 0.05) is 19.2 Å². The summed E-state index contributed by atoms with van der Waals surface area (Å²) in [6, 6.07) is 1.72. The average molecular weight is 324 g/mol. The largest absolute Gasteiger partial charge is 0.444 e. The van der Waals surface area contributed by atoms with Crippen molar-refractivity contribution >= 4 is 11.9 Å². The van der Waals surface area contributed by atoms with Gasteiger partial charge >= 0.3 is 6.09 Å². The van der Waals surface area contributed by atoms with Crippen LogP contribution in [-0.4, -0.2) is 34.8 Å². The molecule has 1 saturated carbocycles. The molecule has 0 atom stereocenters. The molecule has 2 rings (SSSR count). The second kappa shape index (κ2) is 9.17. The summed E-state index contributed by atoms with van der Waals surface area (Å²) in [5, 5.41) is 5.65. The molecular weight excluding hydrogens is 296 g/mol. The molecule has 0 unspecified atom stereocenters. The number of ether oxygens (including phenoxy) is 1. The SMILES string of the molecule is CC(C)(C)OC(=O)NC1CCCCC1.CNc1cc(=O)[nH]cn1. The van der Waals surface area contributed by atoms with E-state index in [1.165, 1.54) is 31.7 Å². The van der Waals surface area contributed by atoms with E-state index in [0.29, 0.717) is 11.9 Å². The normalized spacial score (nSPS) is 15.1. The lowest BCUT2D eigenvalue weighted by molar-refractivity contribution is 0.0493. The van der Waals surface area contributed by atoms with Gasteiger partial charge in [0.1, 0.15) is 11.4 Å². The monoisotopic (exact) mass is 324 g/mol. The Morgan fingerprint density at radius 2 is 1.96 bits per heavy atom. The van der Waals surface area contributed by atoms with E-state index in [0.717, 1.165) is 12.8 Å². The van der Waals surface area contributed by atoms with Crippen molar-refractivity contribution in [3.63, 3.8) is 0 Å². The lowest BCUT2D eigenvalue weighted by Gasteiger charge is -2.25. The van der Waals surface area contributed by atoms with Crippen LogP contribution in [0.25, 0.3) is 0 Å². The van der Waals surface area contributed by atoms with Gasteiger partial charge in [0.2, 0.25) is 0 Å². The minimum atomic E-state index is -0.390. The molecule has 1 fully saturated rings. The summed E-state index contributed by atoms with van der Waals surface area (Å²) in [5.41, 5.74) is -0.534. The summed E-state index contributed by atoms with van der Waals surface area (Å²) in [4.78, 5) is 28.1. The van der Waals surface area contributed by atoms with Crippen LogP contribution in [0.4, 0.5) is 10.6 Å². The maximum absolute atomic E-state index is 11.4. The lowest BCUT2D eigenvalue weighted by Crippen LogP contribution is -2.39. The van der Waals surface area contributed by atoms with Crippen molar-refractivity contribution in [1.29, 1.82) is 0 Å². The van der Waals surface area contributed by atoms with E-state index in [-0.39, 0.29) is 11.7 Å². The molecule has 0 aromatic carbocycles. The predicted molar refractivity (Wildman–Crippen MR) is 90.6 cm³/mol. The van der Waals surface area contributed by atoms with Gasteiger partial charge in [0.25, 0.3) is 5.56 Å². The minimum absolute atomic E-state index is 0.144. The van der Waals surface area contributed by atoms with Crippen LogP contribution >= 0.6 is 0 Å². The molecule has 0 bridgehead atoms. The fourth-order valence-corrected chi connectivity index (χ4v) is 2.23. The number of carbonyl (C=O) groups is 1. The molecule has 0 radical (unpaired) electrons. The van der Waals surface area contributed by atoms with Gasteiger partial charge in [-0.2, -0.15) is 0 Å².